The number of carbonyl (C=O) groups is 1. The summed E-state index contributed by atoms with van der Waals surface area (Å²) in [6.07, 6.45) is 0.627. The Hall–Kier alpha value is -3.74. The fourth-order valence-corrected chi connectivity index (χ4v) is 4.15. The molecule has 0 unspecified atom stereocenters. The van der Waals surface area contributed by atoms with E-state index in [2.05, 4.69) is 0 Å². The molecule has 4 rings (SSSR count). The minimum Gasteiger partial charge on any atom is -0.493 e. The number of para-hydroxylation sites is 2. The van der Waals surface area contributed by atoms with E-state index in [0.29, 0.717) is 41.5 Å². The molecule has 7 heteroatoms. The van der Waals surface area contributed by atoms with Gasteiger partial charge in [0.2, 0.25) is 0 Å². The average molecular weight is 451 g/mol. The molecule has 6 nitrogen and oxygen atoms in total. The number of benzene rings is 3. The lowest BCUT2D eigenvalue weighted by atomic mass is 9.91. The molecule has 172 valence electrons. The van der Waals surface area contributed by atoms with Gasteiger partial charge < -0.3 is 23.8 Å². The summed E-state index contributed by atoms with van der Waals surface area (Å²) in [6.45, 7) is 0.641. The molecule has 0 spiro atoms. The van der Waals surface area contributed by atoms with Crippen LogP contribution in [0.2, 0.25) is 0 Å². The zero-order chi connectivity index (χ0) is 23.4. The Labute approximate surface area is 192 Å². The maximum Gasteiger partial charge on any atom is 0.254 e. The summed E-state index contributed by atoms with van der Waals surface area (Å²) >= 11 is 0. The predicted molar refractivity (Wildman–Crippen MR) is 122 cm³/mol. The van der Waals surface area contributed by atoms with Gasteiger partial charge in [0.25, 0.3) is 5.91 Å². The highest BCUT2D eigenvalue weighted by Gasteiger charge is 2.33. The molecule has 1 heterocycles. The maximum atomic E-state index is 13.8. The number of ether oxygens (including phenoxy) is 4. The second kappa shape index (κ2) is 9.81. The highest BCUT2D eigenvalue weighted by atomic mass is 19.1. The van der Waals surface area contributed by atoms with Crippen molar-refractivity contribution in [1.29, 1.82) is 0 Å². The topological polar surface area (TPSA) is 57.2 Å². The second-order valence-corrected chi connectivity index (χ2v) is 7.64. The number of hydrogen-bond donors (Lipinski definition) is 0. The second-order valence-electron chi connectivity index (χ2n) is 7.64. The zero-order valence-electron chi connectivity index (χ0n) is 18.8. The summed E-state index contributed by atoms with van der Waals surface area (Å²) in [6, 6.07) is 16.5. The molecule has 1 amide bonds. The van der Waals surface area contributed by atoms with E-state index >= 15 is 0 Å². The van der Waals surface area contributed by atoms with Crippen LogP contribution in [-0.2, 0) is 6.42 Å². The Kier molecular flexibility index (Phi) is 6.68. The number of rotatable bonds is 7. The third-order valence-corrected chi connectivity index (χ3v) is 5.80. The van der Waals surface area contributed by atoms with Crippen molar-refractivity contribution in [3.63, 3.8) is 0 Å². The van der Waals surface area contributed by atoms with Crippen molar-refractivity contribution in [2.24, 2.45) is 0 Å². The first-order chi connectivity index (χ1) is 16.0. The molecule has 1 aliphatic rings. The van der Waals surface area contributed by atoms with Crippen LogP contribution in [0.15, 0.2) is 60.7 Å². The predicted octanol–water partition coefficient (Wildman–Crippen LogP) is 4.67. The minimum absolute atomic E-state index is 0.184. The number of methoxy groups -OCH3 is 3. The molecule has 0 saturated carbocycles. The van der Waals surface area contributed by atoms with Crippen molar-refractivity contribution in [2.45, 2.75) is 12.5 Å². The van der Waals surface area contributed by atoms with Crippen LogP contribution in [0, 0.1) is 5.82 Å². The van der Waals surface area contributed by atoms with Gasteiger partial charge in [0, 0.05) is 12.1 Å². The van der Waals surface area contributed by atoms with Crippen molar-refractivity contribution in [3.8, 4) is 23.0 Å². The summed E-state index contributed by atoms with van der Waals surface area (Å²) in [5.41, 5.74) is 2.24. The Morgan fingerprint density at radius 3 is 2.30 bits per heavy atom. The standard InChI is InChI=1S/C26H26FNO5/c1-30-22-9-4-5-10-23(22)33-16-21-20-15-25(32-3)24(31-2)14-17(20)11-12-28(21)26(29)18-7-6-8-19(27)13-18/h4-10,13-15,21H,11-12,16H2,1-3H3/t21-/m0/s1. The normalized spacial score (nSPS) is 14.9. The Morgan fingerprint density at radius 1 is 0.909 bits per heavy atom. The summed E-state index contributed by atoms with van der Waals surface area (Å²) in [5.74, 6) is 1.66. The van der Waals surface area contributed by atoms with Crippen LogP contribution >= 0.6 is 0 Å². The fourth-order valence-electron chi connectivity index (χ4n) is 4.15. The van der Waals surface area contributed by atoms with E-state index in [4.69, 9.17) is 18.9 Å². The molecule has 0 saturated heterocycles. The lowest BCUT2D eigenvalue weighted by Crippen LogP contribution is -2.42. The minimum atomic E-state index is -0.452. The van der Waals surface area contributed by atoms with E-state index in [0.717, 1.165) is 11.1 Å². The van der Waals surface area contributed by atoms with Gasteiger partial charge in [-0.3, -0.25) is 4.79 Å². The third kappa shape index (κ3) is 4.58. The van der Waals surface area contributed by atoms with Crippen molar-refractivity contribution < 1.29 is 28.1 Å². The number of amides is 1. The van der Waals surface area contributed by atoms with Crippen LogP contribution in [0.4, 0.5) is 4.39 Å². The molecule has 0 radical (unpaired) electrons. The molecule has 0 N–H and O–H groups in total. The largest absolute Gasteiger partial charge is 0.493 e. The summed E-state index contributed by atoms with van der Waals surface area (Å²) in [4.78, 5) is 15.1. The van der Waals surface area contributed by atoms with Crippen molar-refractivity contribution in [1.82, 2.24) is 4.90 Å². The monoisotopic (exact) mass is 451 g/mol. The van der Waals surface area contributed by atoms with Gasteiger partial charge >= 0.3 is 0 Å². The molecule has 0 fully saturated rings. The van der Waals surface area contributed by atoms with Crippen LogP contribution in [0.25, 0.3) is 0 Å². The number of nitrogens with zero attached hydrogens (tertiary/aromatic N) is 1. The van der Waals surface area contributed by atoms with Gasteiger partial charge in [-0.05, 0) is 60.0 Å². The van der Waals surface area contributed by atoms with Crippen LogP contribution < -0.4 is 18.9 Å². The summed E-state index contributed by atoms with van der Waals surface area (Å²) < 4.78 is 36.3. The maximum absolute atomic E-state index is 13.8. The molecular weight excluding hydrogens is 425 g/mol. The Bertz CT molecular complexity index is 1150. The first-order valence-electron chi connectivity index (χ1n) is 10.6. The molecule has 1 aliphatic heterocycles. The molecule has 3 aromatic carbocycles. The van der Waals surface area contributed by atoms with E-state index in [9.17, 15) is 9.18 Å². The van der Waals surface area contributed by atoms with Crippen LogP contribution in [0.1, 0.15) is 27.5 Å². The van der Waals surface area contributed by atoms with E-state index in [1.165, 1.54) is 18.2 Å². The average Bonchev–Trinajstić information content (AvgIpc) is 2.85. The van der Waals surface area contributed by atoms with E-state index in [-0.39, 0.29) is 12.5 Å². The lowest BCUT2D eigenvalue weighted by Gasteiger charge is -2.37. The molecule has 3 aromatic rings. The van der Waals surface area contributed by atoms with Gasteiger partial charge in [-0.2, -0.15) is 0 Å². The van der Waals surface area contributed by atoms with Gasteiger partial charge in [-0.25, -0.2) is 4.39 Å². The third-order valence-electron chi connectivity index (χ3n) is 5.80. The van der Waals surface area contributed by atoms with Gasteiger partial charge in [0.1, 0.15) is 12.4 Å². The van der Waals surface area contributed by atoms with Gasteiger partial charge in [-0.15, -0.1) is 0 Å². The number of halogens is 1. The number of fused-ring (bicyclic) bond motifs is 1. The first kappa shape index (κ1) is 22.5. The van der Waals surface area contributed by atoms with Crippen molar-refractivity contribution in [2.75, 3.05) is 34.5 Å². The smallest absolute Gasteiger partial charge is 0.254 e. The molecular formula is C26H26FNO5. The summed E-state index contributed by atoms with van der Waals surface area (Å²) in [5, 5.41) is 0. The highest BCUT2D eigenvalue weighted by molar-refractivity contribution is 5.94. The number of hydrogen-bond acceptors (Lipinski definition) is 5. The zero-order valence-corrected chi connectivity index (χ0v) is 18.8. The van der Waals surface area contributed by atoms with Gasteiger partial charge in [-0.1, -0.05) is 18.2 Å². The molecule has 0 aliphatic carbocycles. The number of carbonyl (C=O) groups excluding carboxylic acids is 1. The van der Waals surface area contributed by atoms with E-state index in [1.807, 2.05) is 36.4 Å². The Balaban J connectivity index is 1.72. The first-order valence-corrected chi connectivity index (χ1v) is 10.6. The molecule has 0 bridgehead atoms. The van der Waals surface area contributed by atoms with Crippen LogP contribution in [-0.4, -0.2) is 45.3 Å². The Morgan fingerprint density at radius 2 is 1.61 bits per heavy atom. The summed E-state index contributed by atoms with van der Waals surface area (Å²) in [7, 11) is 4.74. The molecule has 33 heavy (non-hydrogen) atoms. The van der Waals surface area contributed by atoms with E-state index < -0.39 is 11.9 Å². The van der Waals surface area contributed by atoms with Gasteiger partial charge in [0.05, 0.1) is 27.4 Å². The lowest BCUT2D eigenvalue weighted by molar-refractivity contribution is 0.0587. The fraction of sp³-hybridized carbons (Fsp3) is 0.269. The van der Waals surface area contributed by atoms with Crippen LogP contribution in [0.5, 0.6) is 23.0 Å². The van der Waals surface area contributed by atoms with Crippen molar-refractivity contribution in [3.05, 3.63) is 83.2 Å². The van der Waals surface area contributed by atoms with E-state index in [1.54, 1.807) is 32.3 Å². The van der Waals surface area contributed by atoms with Crippen LogP contribution in [0.3, 0.4) is 0 Å². The van der Waals surface area contributed by atoms with Crippen molar-refractivity contribution >= 4 is 5.91 Å². The highest BCUT2D eigenvalue weighted by Crippen LogP contribution is 2.39. The molecule has 0 aromatic heterocycles. The quantitative estimate of drug-likeness (QED) is 0.523. The SMILES string of the molecule is COc1cc2c(cc1OC)[C@H](COc1ccccc1OC)N(C(=O)c1cccc(F)c1)CC2. The molecule has 1 atom stereocenters. The van der Waals surface area contributed by atoms with Gasteiger partial charge in [0.15, 0.2) is 23.0 Å².